The number of hydrogen-bond acceptors (Lipinski definition) is 3. The number of aromatic nitrogens is 3. The van der Waals surface area contributed by atoms with Crippen molar-refractivity contribution in [3.05, 3.63) is 48.7 Å². The number of Topliss-reactive ketones (excluding diaryl/α,β-unsaturated/α-hetero) is 1. The maximum atomic E-state index is 11.3. The van der Waals surface area contributed by atoms with Gasteiger partial charge in [0, 0.05) is 42.6 Å². The minimum absolute atomic E-state index is 0.377. The summed E-state index contributed by atoms with van der Waals surface area (Å²) >= 11 is 0. The molecule has 0 fully saturated rings. The number of hydrogen-bond donors (Lipinski definition) is 1. The zero-order chi connectivity index (χ0) is 17.5. The van der Waals surface area contributed by atoms with Crippen LogP contribution in [0.5, 0.6) is 0 Å². The molecule has 1 N–H and O–H groups in total. The Hall–Kier alpha value is -2.49. The molecule has 0 saturated carbocycles. The molecule has 2 aromatic heterocycles. The predicted molar refractivity (Wildman–Crippen MR) is 101 cm³/mol. The molecule has 0 aliphatic heterocycles. The van der Waals surface area contributed by atoms with Crippen LogP contribution in [0.3, 0.4) is 0 Å². The van der Waals surface area contributed by atoms with Gasteiger partial charge in [0.05, 0.1) is 11.9 Å². The lowest BCUT2D eigenvalue weighted by molar-refractivity contribution is -0.118. The van der Waals surface area contributed by atoms with Crippen LogP contribution in [0.4, 0.5) is 0 Å². The number of benzene rings is 1. The van der Waals surface area contributed by atoms with Crippen molar-refractivity contribution in [2.75, 3.05) is 0 Å². The van der Waals surface area contributed by atoms with E-state index >= 15 is 0 Å². The zero-order valence-electron chi connectivity index (χ0n) is 14.8. The summed E-state index contributed by atoms with van der Waals surface area (Å²) in [5, 5.41) is 2.33. The maximum absolute atomic E-state index is 11.3. The first-order valence-electron chi connectivity index (χ1n) is 9.16. The summed E-state index contributed by atoms with van der Waals surface area (Å²) in [4.78, 5) is 23.4. The number of rotatable bonds is 9. The molecule has 0 saturated heterocycles. The summed E-state index contributed by atoms with van der Waals surface area (Å²) < 4.78 is 0. The van der Waals surface area contributed by atoms with Crippen molar-refractivity contribution in [2.45, 2.75) is 51.9 Å². The Morgan fingerprint density at radius 1 is 1.04 bits per heavy atom. The van der Waals surface area contributed by atoms with E-state index in [2.05, 4.69) is 33.2 Å². The third kappa shape index (κ3) is 4.75. The summed E-state index contributed by atoms with van der Waals surface area (Å²) in [5.74, 6) is 1.41. The second-order valence-electron chi connectivity index (χ2n) is 6.49. The highest BCUT2D eigenvalue weighted by Gasteiger charge is 2.05. The van der Waals surface area contributed by atoms with E-state index in [1.54, 1.807) is 0 Å². The average molecular weight is 335 g/mol. The van der Waals surface area contributed by atoms with Gasteiger partial charge in [0.1, 0.15) is 11.6 Å². The first kappa shape index (κ1) is 17.3. The van der Waals surface area contributed by atoms with Crippen LogP contribution in [-0.2, 0) is 11.2 Å². The van der Waals surface area contributed by atoms with Gasteiger partial charge >= 0.3 is 0 Å². The fourth-order valence-corrected chi connectivity index (χ4v) is 3.03. The smallest absolute Gasteiger partial charge is 0.132 e. The lowest BCUT2D eigenvalue weighted by Crippen LogP contribution is -1.94. The first-order valence-corrected chi connectivity index (χ1v) is 9.16. The molecule has 0 amide bonds. The van der Waals surface area contributed by atoms with E-state index in [-0.39, 0.29) is 0 Å². The van der Waals surface area contributed by atoms with Crippen LogP contribution in [-0.4, -0.2) is 20.7 Å². The number of nitrogens with zero attached hydrogens (tertiary/aromatic N) is 2. The van der Waals surface area contributed by atoms with Gasteiger partial charge in [-0.2, -0.15) is 0 Å². The number of fused-ring (bicyclic) bond motifs is 1. The Bertz CT molecular complexity index is 838. The number of H-pyrrole nitrogens is 1. The van der Waals surface area contributed by atoms with E-state index in [1.165, 1.54) is 5.39 Å². The minimum Gasteiger partial charge on any atom is -0.342 e. The Balaban J connectivity index is 1.51. The van der Waals surface area contributed by atoms with Gasteiger partial charge < -0.3 is 4.98 Å². The summed E-state index contributed by atoms with van der Waals surface area (Å²) in [5.41, 5.74) is 2.21. The number of aryl methyl sites for hydroxylation is 1. The zero-order valence-corrected chi connectivity index (χ0v) is 14.8. The molecule has 3 rings (SSSR count). The molecule has 0 aliphatic rings. The molecule has 0 aliphatic carbocycles. The fraction of sp³-hybridized carbons (Fsp3) is 0.381. The number of pyridine rings is 1. The molecule has 4 nitrogen and oxygen atoms in total. The molecular formula is C21H25N3O. The Morgan fingerprint density at radius 3 is 2.80 bits per heavy atom. The predicted octanol–water partition coefficient (Wildman–Crippen LogP) is 5.10. The highest BCUT2D eigenvalue weighted by molar-refractivity contribution is 5.85. The number of carbonyl (C=O) groups excluding carboxylic acids is 1. The summed E-state index contributed by atoms with van der Waals surface area (Å²) in [6.45, 7) is 1.93. The SMILES string of the molecule is CCC(=O)CCCCCCc1ncc(-c2ccc3cnccc3c2)[nH]1. The number of nitrogens with one attached hydrogen (secondary N) is 1. The van der Waals surface area contributed by atoms with Crippen molar-refractivity contribution < 1.29 is 4.79 Å². The number of aromatic amines is 1. The molecule has 25 heavy (non-hydrogen) atoms. The van der Waals surface area contributed by atoms with Crippen molar-refractivity contribution in [3.8, 4) is 11.3 Å². The number of ketones is 1. The van der Waals surface area contributed by atoms with Gasteiger partial charge in [-0.05, 0) is 30.4 Å². The molecule has 1 aromatic carbocycles. The molecule has 130 valence electrons. The van der Waals surface area contributed by atoms with Crippen molar-refractivity contribution in [3.63, 3.8) is 0 Å². The third-order valence-corrected chi connectivity index (χ3v) is 4.59. The quantitative estimate of drug-likeness (QED) is 0.554. The van der Waals surface area contributed by atoms with Crippen molar-refractivity contribution in [1.82, 2.24) is 15.0 Å². The lowest BCUT2D eigenvalue weighted by atomic mass is 10.1. The van der Waals surface area contributed by atoms with Crippen LogP contribution in [0.25, 0.3) is 22.0 Å². The largest absolute Gasteiger partial charge is 0.342 e. The standard InChI is InChI=1S/C21H25N3O/c1-2-19(25)7-5-3-4-6-8-21-23-15-20(24-21)17-9-10-18-14-22-12-11-16(18)13-17/h9-15H,2-8H2,1H3,(H,23,24). The van der Waals surface area contributed by atoms with Crippen molar-refractivity contribution in [1.29, 1.82) is 0 Å². The molecule has 4 heteroatoms. The van der Waals surface area contributed by atoms with E-state index in [1.807, 2.05) is 31.6 Å². The highest BCUT2D eigenvalue weighted by Crippen LogP contribution is 2.23. The second kappa shape index (κ2) is 8.56. The van der Waals surface area contributed by atoms with Crippen LogP contribution in [0.15, 0.2) is 42.9 Å². The van der Waals surface area contributed by atoms with Crippen LogP contribution in [0, 0.1) is 0 Å². The first-order chi connectivity index (χ1) is 12.3. The fourth-order valence-electron chi connectivity index (χ4n) is 3.03. The molecule has 0 unspecified atom stereocenters. The van der Waals surface area contributed by atoms with Gasteiger partial charge in [-0.25, -0.2) is 4.98 Å². The van der Waals surface area contributed by atoms with E-state index in [4.69, 9.17) is 0 Å². The molecular weight excluding hydrogens is 310 g/mol. The van der Waals surface area contributed by atoms with Gasteiger partial charge in [-0.15, -0.1) is 0 Å². The van der Waals surface area contributed by atoms with Crippen molar-refractivity contribution in [2.24, 2.45) is 0 Å². The summed E-state index contributed by atoms with van der Waals surface area (Å²) in [6.07, 6.45) is 12.4. The van der Waals surface area contributed by atoms with Crippen molar-refractivity contribution >= 4 is 16.6 Å². The topological polar surface area (TPSA) is 58.6 Å². The normalized spacial score (nSPS) is 11.1. The maximum Gasteiger partial charge on any atom is 0.132 e. The molecule has 0 spiro atoms. The summed E-state index contributed by atoms with van der Waals surface area (Å²) in [6, 6.07) is 8.39. The van der Waals surface area contributed by atoms with Gasteiger partial charge in [0.2, 0.25) is 0 Å². The molecule has 0 atom stereocenters. The Morgan fingerprint density at radius 2 is 1.92 bits per heavy atom. The van der Waals surface area contributed by atoms with Gasteiger partial charge in [-0.3, -0.25) is 9.78 Å². The second-order valence-corrected chi connectivity index (χ2v) is 6.49. The van der Waals surface area contributed by atoms with Crippen LogP contribution >= 0.6 is 0 Å². The molecule has 3 aromatic rings. The number of unbranched alkanes of at least 4 members (excludes halogenated alkanes) is 3. The highest BCUT2D eigenvalue weighted by atomic mass is 16.1. The molecule has 0 bridgehead atoms. The third-order valence-electron chi connectivity index (χ3n) is 4.59. The number of imidazole rings is 1. The van der Waals surface area contributed by atoms with Gasteiger partial charge in [0.15, 0.2) is 0 Å². The van der Waals surface area contributed by atoms with E-state index in [0.717, 1.165) is 61.0 Å². The van der Waals surface area contributed by atoms with E-state index in [0.29, 0.717) is 12.2 Å². The van der Waals surface area contributed by atoms with E-state index in [9.17, 15) is 4.79 Å². The van der Waals surface area contributed by atoms with Gasteiger partial charge in [0.25, 0.3) is 0 Å². The Kier molecular flexibility index (Phi) is 5.94. The van der Waals surface area contributed by atoms with Crippen LogP contribution < -0.4 is 0 Å². The monoisotopic (exact) mass is 335 g/mol. The van der Waals surface area contributed by atoms with Gasteiger partial charge in [-0.1, -0.05) is 31.9 Å². The molecule has 2 heterocycles. The number of carbonyl (C=O) groups is 1. The lowest BCUT2D eigenvalue weighted by Gasteiger charge is -2.02. The van der Waals surface area contributed by atoms with Crippen LogP contribution in [0.1, 0.15) is 51.3 Å². The average Bonchev–Trinajstić information content (AvgIpc) is 3.12. The van der Waals surface area contributed by atoms with Crippen LogP contribution in [0.2, 0.25) is 0 Å². The summed E-state index contributed by atoms with van der Waals surface area (Å²) in [7, 11) is 0. The van der Waals surface area contributed by atoms with E-state index < -0.39 is 0 Å². The minimum atomic E-state index is 0.377. The molecule has 0 radical (unpaired) electrons. The Labute approximate surface area is 148 Å².